The van der Waals surface area contributed by atoms with Gasteiger partial charge in [0.25, 0.3) is 0 Å². The van der Waals surface area contributed by atoms with Crippen LogP contribution < -0.4 is 4.74 Å². The molecule has 0 N–H and O–H groups in total. The van der Waals surface area contributed by atoms with E-state index in [0.29, 0.717) is 22.4 Å². The van der Waals surface area contributed by atoms with Gasteiger partial charge < -0.3 is 4.74 Å². The standard InChI is InChI=1S/C13H10F3N3O/c1-20-11-3-2-9(5-17)12(4-11)10-6-18-19(7-10)8-13(14,15)16/h2-4,6-7H,8H2,1H3. The van der Waals surface area contributed by atoms with Crippen molar-refractivity contribution in [2.45, 2.75) is 12.7 Å². The van der Waals surface area contributed by atoms with Crippen LogP contribution in [0, 0.1) is 11.3 Å². The van der Waals surface area contributed by atoms with Gasteiger partial charge in [-0.25, -0.2) is 0 Å². The average Bonchev–Trinajstić information content (AvgIpc) is 2.84. The normalized spacial score (nSPS) is 11.2. The van der Waals surface area contributed by atoms with Crippen molar-refractivity contribution in [1.82, 2.24) is 9.78 Å². The molecule has 0 amide bonds. The van der Waals surface area contributed by atoms with Gasteiger partial charge in [-0.3, -0.25) is 4.68 Å². The number of methoxy groups -OCH3 is 1. The fourth-order valence-electron chi connectivity index (χ4n) is 1.76. The Morgan fingerprint density at radius 2 is 2.15 bits per heavy atom. The number of hydrogen-bond donors (Lipinski definition) is 0. The molecule has 0 spiro atoms. The van der Waals surface area contributed by atoms with Gasteiger partial charge in [-0.15, -0.1) is 0 Å². The Morgan fingerprint density at radius 3 is 2.75 bits per heavy atom. The monoisotopic (exact) mass is 281 g/mol. The molecule has 0 aliphatic rings. The lowest BCUT2D eigenvalue weighted by Gasteiger charge is -2.06. The lowest BCUT2D eigenvalue weighted by atomic mass is 10.0. The molecule has 4 nitrogen and oxygen atoms in total. The van der Waals surface area contributed by atoms with E-state index in [2.05, 4.69) is 5.10 Å². The third kappa shape index (κ3) is 3.09. The van der Waals surface area contributed by atoms with Crippen molar-refractivity contribution in [3.8, 4) is 22.9 Å². The first-order chi connectivity index (χ1) is 9.43. The minimum absolute atomic E-state index is 0.345. The summed E-state index contributed by atoms with van der Waals surface area (Å²) in [7, 11) is 1.47. The number of halogens is 3. The molecule has 1 heterocycles. The topological polar surface area (TPSA) is 50.8 Å². The molecule has 104 valence electrons. The van der Waals surface area contributed by atoms with Crippen LogP contribution in [0.1, 0.15) is 5.56 Å². The number of benzene rings is 1. The minimum Gasteiger partial charge on any atom is -0.497 e. The molecule has 1 aromatic carbocycles. The van der Waals surface area contributed by atoms with Crippen LogP contribution in [0.3, 0.4) is 0 Å². The molecule has 20 heavy (non-hydrogen) atoms. The number of ether oxygens (including phenoxy) is 1. The van der Waals surface area contributed by atoms with Crippen LogP contribution in [0.4, 0.5) is 13.2 Å². The Hall–Kier alpha value is -2.49. The smallest absolute Gasteiger partial charge is 0.408 e. The van der Waals surface area contributed by atoms with Crippen LogP contribution in [0.5, 0.6) is 5.75 Å². The predicted molar refractivity (Wildman–Crippen MR) is 65.0 cm³/mol. The van der Waals surface area contributed by atoms with Crippen molar-refractivity contribution < 1.29 is 17.9 Å². The van der Waals surface area contributed by atoms with Crippen LogP contribution in [-0.4, -0.2) is 23.1 Å². The first-order valence-corrected chi connectivity index (χ1v) is 5.60. The number of nitrogens with zero attached hydrogens (tertiary/aromatic N) is 3. The Bertz CT molecular complexity index is 656. The van der Waals surface area contributed by atoms with Gasteiger partial charge >= 0.3 is 6.18 Å². The van der Waals surface area contributed by atoms with E-state index in [1.54, 1.807) is 18.2 Å². The number of alkyl halides is 3. The maximum absolute atomic E-state index is 12.3. The quantitative estimate of drug-likeness (QED) is 0.869. The summed E-state index contributed by atoms with van der Waals surface area (Å²) >= 11 is 0. The van der Waals surface area contributed by atoms with Gasteiger partial charge in [0.05, 0.1) is 24.9 Å². The van der Waals surface area contributed by atoms with Crippen LogP contribution in [-0.2, 0) is 6.54 Å². The molecule has 0 bridgehead atoms. The molecular weight excluding hydrogens is 271 g/mol. The average molecular weight is 281 g/mol. The number of rotatable bonds is 3. The first kappa shape index (κ1) is 13.9. The fraction of sp³-hybridized carbons (Fsp3) is 0.231. The van der Waals surface area contributed by atoms with Gasteiger partial charge in [-0.05, 0) is 18.2 Å². The first-order valence-electron chi connectivity index (χ1n) is 5.60. The SMILES string of the molecule is COc1ccc(C#N)c(-c2cnn(CC(F)(F)F)c2)c1. The highest BCUT2D eigenvalue weighted by Gasteiger charge is 2.28. The second kappa shape index (κ2) is 5.25. The van der Waals surface area contributed by atoms with Crippen LogP contribution in [0.15, 0.2) is 30.6 Å². The highest BCUT2D eigenvalue weighted by molar-refractivity contribution is 5.71. The van der Waals surface area contributed by atoms with Gasteiger partial charge in [0.2, 0.25) is 0 Å². The number of hydrogen-bond acceptors (Lipinski definition) is 3. The maximum atomic E-state index is 12.3. The lowest BCUT2D eigenvalue weighted by molar-refractivity contribution is -0.142. The highest BCUT2D eigenvalue weighted by atomic mass is 19.4. The van der Waals surface area contributed by atoms with Crippen LogP contribution in [0.25, 0.3) is 11.1 Å². The zero-order valence-corrected chi connectivity index (χ0v) is 10.5. The zero-order chi connectivity index (χ0) is 14.8. The molecule has 0 atom stereocenters. The summed E-state index contributed by atoms with van der Waals surface area (Å²) in [5.74, 6) is 0.516. The van der Waals surface area contributed by atoms with Gasteiger partial charge in [0, 0.05) is 17.3 Å². The summed E-state index contributed by atoms with van der Waals surface area (Å²) in [5.41, 5.74) is 1.27. The Morgan fingerprint density at radius 1 is 1.40 bits per heavy atom. The van der Waals surface area contributed by atoms with Crippen LogP contribution >= 0.6 is 0 Å². The van der Waals surface area contributed by atoms with E-state index in [0.717, 1.165) is 4.68 Å². The van der Waals surface area contributed by atoms with Crippen LogP contribution in [0.2, 0.25) is 0 Å². The second-order valence-electron chi connectivity index (χ2n) is 4.07. The predicted octanol–water partition coefficient (Wildman–Crippen LogP) is 2.99. The summed E-state index contributed by atoms with van der Waals surface area (Å²) in [5, 5.41) is 12.7. The van der Waals surface area contributed by atoms with Crippen molar-refractivity contribution in [2.75, 3.05) is 7.11 Å². The van der Waals surface area contributed by atoms with Gasteiger partial charge in [0.1, 0.15) is 12.3 Å². The molecule has 0 aliphatic carbocycles. The van der Waals surface area contributed by atoms with E-state index in [-0.39, 0.29) is 0 Å². The van der Waals surface area contributed by atoms with E-state index in [1.807, 2.05) is 6.07 Å². The van der Waals surface area contributed by atoms with E-state index < -0.39 is 12.7 Å². The van der Waals surface area contributed by atoms with E-state index in [1.165, 1.54) is 19.5 Å². The summed E-state index contributed by atoms with van der Waals surface area (Å²) in [4.78, 5) is 0. The maximum Gasteiger partial charge on any atom is 0.408 e. The number of aromatic nitrogens is 2. The molecule has 2 rings (SSSR count). The van der Waals surface area contributed by atoms with Crippen molar-refractivity contribution >= 4 is 0 Å². The number of nitriles is 1. The second-order valence-corrected chi connectivity index (χ2v) is 4.07. The zero-order valence-electron chi connectivity index (χ0n) is 10.5. The van der Waals surface area contributed by atoms with E-state index >= 15 is 0 Å². The summed E-state index contributed by atoms with van der Waals surface area (Å²) in [6.07, 6.45) is -1.79. The van der Waals surface area contributed by atoms with E-state index in [4.69, 9.17) is 10.00 Å². The molecule has 0 saturated heterocycles. The van der Waals surface area contributed by atoms with Crippen molar-refractivity contribution in [2.24, 2.45) is 0 Å². The molecule has 7 heteroatoms. The summed E-state index contributed by atoms with van der Waals surface area (Å²) in [6, 6.07) is 6.74. The van der Waals surface area contributed by atoms with Gasteiger partial charge in [-0.2, -0.15) is 23.5 Å². The Kier molecular flexibility index (Phi) is 3.66. The summed E-state index contributed by atoms with van der Waals surface area (Å²) in [6.45, 7) is -1.17. The fourth-order valence-corrected chi connectivity index (χ4v) is 1.76. The molecule has 0 radical (unpaired) electrons. The molecule has 0 fully saturated rings. The largest absolute Gasteiger partial charge is 0.497 e. The third-order valence-corrected chi connectivity index (χ3v) is 2.63. The van der Waals surface area contributed by atoms with Crippen molar-refractivity contribution in [3.05, 3.63) is 36.2 Å². The minimum atomic E-state index is -4.34. The van der Waals surface area contributed by atoms with Gasteiger partial charge in [0.15, 0.2) is 0 Å². The Labute approximate surface area is 113 Å². The molecular formula is C13H10F3N3O. The Balaban J connectivity index is 2.39. The molecule has 0 unspecified atom stereocenters. The highest BCUT2D eigenvalue weighted by Crippen LogP contribution is 2.28. The van der Waals surface area contributed by atoms with Crippen molar-refractivity contribution in [1.29, 1.82) is 5.26 Å². The van der Waals surface area contributed by atoms with Gasteiger partial charge in [-0.1, -0.05) is 0 Å². The molecule has 2 aromatic rings. The molecule has 1 aromatic heterocycles. The van der Waals surface area contributed by atoms with E-state index in [9.17, 15) is 13.2 Å². The molecule has 0 aliphatic heterocycles. The third-order valence-electron chi connectivity index (χ3n) is 2.63. The summed E-state index contributed by atoms with van der Waals surface area (Å²) < 4.78 is 42.7. The van der Waals surface area contributed by atoms with Crippen molar-refractivity contribution in [3.63, 3.8) is 0 Å². The lowest BCUT2D eigenvalue weighted by Crippen LogP contribution is -2.17. The molecule has 0 saturated carbocycles.